The van der Waals surface area contributed by atoms with Crippen LogP contribution in [0.3, 0.4) is 0 Å². The van der Waals surface area contributed by atoms with Crippen LogP contribution in [-0.4, -0.2) is 45.7 Å². The molecule has 0 bridgehead atoms. The van der Waals surface area contributed by atoms with Gasteiger partial charge in [-0.2, -0.15) is 0 Å². The zero-order valence-electron chi connectivity index (χ0n) is 14.3. The maximum atomic E-state index is 12.8. The van der Waals surface area contributed by atoms with E-state index in [1.165, 1.54) is 9.58 Å². The van der Waals surface area contributed by atoms with Gasteiger partial charge in [-0.1, -0.05) is 53.2 Å². The van der Waals surface area contributed by atoms with Crippen LogP contribution >= 0.6 is 0 Å². The molecule has 0 fully saturated rings. The van der Waals surface area contributed by atoms with E-state index >= 15 is 0 Å². The number of nitrogens with zero attached hydrogens (tertiary/aromatic N) is 4. The molecule has 126 valence electrons. The van der Waals surface area contributed by atoms with E-state index in [2.05, 4.69) is 10.3 Å². The summed E-state index contributed by atoms with van der Waals surface area (Å²) in [5.74, 6) is -0.658. The van der Waals surface area contributed by atoms with Crippen molar-refractivity contribution in [2.75, 3.05) is 14.1 Å². The Bertz CT molecular complexity index is 912. The van der Waals surface area contributed by atoms with Crippen LogP contribution < -0.4 is 0 Å². The Morgan fingerprint density at radius 1 is 0.960 bits per heavy atom. The summed E-state index contributed by atoms with van der Waals surface area (Å²) in [7, 11) is 3.26. The molecule has 0 aliphatic carbocycles. The number of hydrogen-bond acceptors (Lipinski definition) is 4. The summed E-state index contributed by atoms with van der Waals surface area (Å²) in [5, 5.41) is 8.08. The molecule has 1 amide bonds. The number of carbonyl (C=O) groups excluding carboxylic acids is 2. The third-order valence-corrected chi connectivity index (χ3v) is 3.81. The number of amides is 1. The van der Waals surface area contributed by atoms with Crippen LogP contribution in [0.1, 0.15) is 32.1 Å². The van der Waals surface area contributed by atoms with Crippen molar-refractivity contribution in [3.05, 3.63) is 77.1 Å². The normalized spacial score (nSPS) is 10.5. The van der Waals surface area contributed by atoms with E-state index in [9.17, 15) is 9.59 Å². The Kier molecular flexibility index (Phi) is 4.43. The maximum absolute atomic E-state index is 12.8. The first-order valence-corrected chi connectivity index (χ1v) is 7.83. The maximum Gasteiger partial charge on any atom is 0.274 e. The van der Waals surface area contributed by atoms with Crippen LogP contribution in [0.15, 0.2) is 54.6 Å². The summed E-state index contributed by atoms with van der Waals surface area (Å²) in [6.45, 7) is 1.97. The highest BCUT2D eigenvalue weighted by Crippen LogP contribution is 2.18. The lowest BCUT2D eigenvalue weighted by Gasteiger charge is -2.12. The molecular formula is C19H18N4O2. The number of benzene rings is 2. The van der Waals surface area contributed by atoms with Gasteiger partial charge in [0.05, 0.1) is 5.69 Å². The molecule has 3 aromatic rings. The average molecular weight is 334 g/mol. The molecule has 0 saturated carbocycles. The van der Waals surface area contributed by atoms with Gasteiger partial charge in [-0.3, -0.25) is 9.59 Å². The number of carbonyl (C=O) groups is 2. The molecule has 0 atom stereocenters. The van der Waals surface area contributed by atoms with E-state index in [-0.39, 0.29) is 23.1 Å². The van der Waals surface area contributed by atoms with Crippen molar-refractivity contribution in [2.24, 2.45) is 0 Å². The van der Waals surface area contributed by atoms with Crippen molar-refractivity contribution in [3.63, 3.8) is 0 Å². The van der Waals surface area contributed by atoms with Crippen LogP contribution in [0.5, 0.6) is 0 Å². The van der Waals surface area contributed by atoms with Crippen molar-refractivity contribution in [3.8, 4) is 5.69 Å². The Hall–Kier alpha value is -3.28. The molecule has 3 rings (SSSR count). The van der Waals surface area contributed by atoms with Gasteiger partial charge in [0.2, 0.25) is 5.78 Å². The van der Waals surface area contributed by atoms with E-state index in [0.717, 1.165) is 5.56 Å². The lowest BCUT2D eigenvalue weighted by Crippen LogP contribution is -2.26. The minimum atomic E-state index is -0.329. The molecule has 6 nitrogen and oxygen atoms in total. The van der Waals surface area contributed by atoms with Gasteiger partial charge in [-0.15, -0.1) is 5.10 Å². The molecule has 0 N–H and O–H groups in total. The molecule has 0 unspecified atom stereocenters. The highest BCUT2D eigenvalue weighted by atomic mass is 16.2. The van der Waals surface area contributed by atoms with E-state index in [1.807, 2.05) is 37.3 Å². The Labute approximate surface area is 145 Å². The third kappa shape index (κ3) is 3.19. The summed E-state index contributed by atoms with van der Waals surface area (Å²) < 4.78 is 1.41. The van der Waals surface area contributed by atoms with Gasteiger partial charge in [0.25, 0.3) is 5.91 Å². The number of rotatable bonds is 4. The van der Waals surface area contributed by atoms with Crippen LogP contribution in [0.25, 0.3) is 5.69 Å². The van der Waals surface area contributed by atoms with Crippen molar-refractivity contribution in [1.82, 2.24) is 19.9 Å². The lowest BCUT2D eigenvalue weighted by molar-refractivity contribution is 0.0813. The van der Waals surface area contributed by atoms with Crippen LogP contribution in [0, 0.1) is 6.92 Å². The molecule has 2 aromatic carbocycles. The Balaban J connectivity index is 2.15. The first-order chi connectivity index (χ1) is 12.0. The second kappa shape index (κ2) is 6.68. The molecular weight excluding hydrogens is 316 g/mol. The molecule has 0 spiro atoms. The van der Waals surface area contributed by atoms with E-state index in [1.54, 1.807) is 38.4 Å². The van der Waals surface area contributed by atoms with Gasteiger partial charge in [-0.25, -0.2) is 4.68 Å². The molecule has 25 heavy (non-hydrogen) atoms. The van der Waals surface area contributed by atoms with Crippen molar-refractivity contribution >= 4 is 11.7 Å². The summed E-state index contributed by atoms with van der Waals surface area (Å²) in [4.78, 5) is 26.9. The monoisotopic (exact) mass is 334 g/mol. The fraction of sp³-hybridized carbons (Fsp3) is 0.158. The second-order valence-electron chi connectivity index (χ2n) is 5.93. The first kappa shape index (κ1) is 16.6. The third-order valence-electron chi connectivity index (χ3n) is 3.81. The quantitative estimate of drug-likeness (QED) is 0.688. The van der Waals surface area contributed by atoms with Gasteiger partial charge in [0.1, 0.15) is 0 Å². The van der Waals surface area contributed by atoms with Crippen LogP contribution in [-0.2, 0) is 0 Å². The molecule has 6 heteroatoms. The largest absolute Gasteiger partial charge is 0.343 e. The minimum Gasteiger partial charge on any atom is -0.343 e. The minimum absolute atomic E-state index is 0.0467. The number of aryl methyl sites for hydroxylation is 1. The van der Waals surface area contributed by atoms with E-state index in [0.29, 0.717) is 11.3 Å². The van der Waals surface area contributed by atoms with Gasteiger partial charge in [0.15, 0.2) is 11.4 Å². The molecule has 1 heterocycles. The van der Waals surface area contributed by atoms with Crippen molar-refractivity contribution < 1.29 is 9.59 Å². The molecule has 1 aromatic heterocycles. The standard InChI is InChI=1S/C19H18N4O2/c1-13-9-11-15(12-10-13)23-17(19(25)22(2)3)16(20-21-23)18(24)14-7-5-4-6-8-14/h4-12H,1-3H3. The Morgan fingerprint density at radius 2 is 1.60 bits per heavy atom. The van der Waals surface area contributed by atoms with Crippen LogP contribution in [0.2, 0.25) is 0 Å². The zero-order chi connectivity index (χ0) is 18.0. The van der Waals surface area contributed by atoms with E-state index < -0.39 is 0 Å². The summed E-state index contributed by atoms with van der Waals surface area (Å²) in [5.41, 5.74) is 2.43. The van der Waals surface area contributed by atoms with Crippen molar-refractivity contribution in [1.29, 1.82) is 0 Å². The lowest BCUT2D eigenvalue weighted by atomic mass is 10.1. The number of hydrogen-bond donors (Lipinski definition) is 0. The highest BCUT2D eigenvalue weighted by molar-refractivity contribution is 6.13. The molecule has 0 aliphatic heterocycles. The fourth-order valence-electron chi connectivity index (χ4n) is 2.43. The summed E-state index contributed by atoms with van der Waals surface area (Å²) in [6, 6.07) is 16.3. The highest BCUT2D eigenvalue weighted by Gasteiger charge is 2.27. The predicted molar refractivity (Wildman–Crippen MR) is 94.0 cm³/mol. The van der Waals surface area contributed by atoms with Gasteiger partial charge >= 0.3 is 0 Å². The first-order valence-electron chi connectivity index (χ1n) is 7.83. The van der Waals surface area contributed by atoms with E-state index in [4.69, 9.17) is 0 Å². The molecule has 0 saturated heterocycles. The zero-order valence-corrected chi connectivity index (χ0v) is 14.3. The number of ketones is 1. The number of aromatic nitrogens is 3. The fourth-order valence-corrected chi connectivity index (χ4v) is 2.43. The smallest absolute Gasteiger partial charge is 0.274 e. The van der Waals surface area contributed by atoms with Gasteiger partial charge in [-0.05, 0) is 19.1 Å². The molecule has 0 aliphatic rings. The van der Waals surface area contributed by atoms with Gasteiger partial charge < -0.3 is 4.90 Å². The SMILES string of the molecule is Cc1ccc(-n2nnc(C(=O)c3ccccc3)c2C(=O)N(C)C)cc1. The van der Waals surface area contributed by atoms with Gasteiger partial charge in [0, 0.05) is 19.7 Å². The Morgan fingerprint density at radius 3 is 2.20 bits per heavy atom. The average Bonchev–Trinajstić information content (AvgIpc) is 3.06. The second-order valence-corrected chi connectivity index (χ2v) is 5.93. The van der Waals surface area contributed by atoms with Crippen molar-refractivity contribution in [2.45, 2.75) is 6.92 Å². The summed E-state index contributed by atoms with van der Waals surface area (Å²) in [6.07, 6.45) is 0. The topological polar surface area (TPSA) is 68.1 Å². The van der Waals surface area contributed by atoms with Crippen LogP contribution in [0.4, 0.5) is 0 Å². The summed E-state index contributed by atoms with van der Waals surface area (Å²) >= 11 is 0. The molecule has 0 radical (unpaired) electrons. The predicted octanol–water partition coefficient (Wildman–Crippen LogP) is 2.51.